The second kappa shape index (κ2) is 6.69. The van der Waals surface area contributed by atoms with E-state index in [-0.39, 0.29) is 5.69 Å². The van der Waals surface area contributed by atoms with Crippen molar-refractivity contribution < 1.29 is 0 Å². The predicted octanol–water partition coefficient (Wildman–Crippen LogP) is 4.69. The van der Waals surface area contributed by atoms with Crippen molar-refractivity contribution in [3.05, 3.63) is 75.0 Å². The first-order valence-electron chi connectivity index (χ1n) is 7.37. The minimum atomic E-state index is -0.0241. The van der Waals surface area contributed by atoms with E-state index in [0.29, 0.717) is 11.6 Å². The highest BCUT2D eigenvalue weighted by atomic mass is 35.5. The van der Waals surface area contributed by atoms with Crippen molar-refractivity contribution in [2.45, 2.75) is 13.5 Å². The molecule has 3 nitrogen and oxygen atoms in total. The highest BCUT2D eigenvalue weighted by Gasteiger charge is 2.16. The number of nitrogens with zero attached hydrogens (tertiary/aromatic N) is 2. The Morgan fingerprint density at radius 3 is 2.39 bits per heavy atom. The second-order valence-electron chi connectivity index (χ2n) is 5.10. The molecule has 0 spiro atoms. The van der Waals surface area contributed by atoms with Crippen LogP contribution in [0.1, 0.15) is 12.5 Å². The van der Waals surface area contributed by atoms with Gasteiger partial charge in [-0.3, -0.25) is 9.13 Å². The molecule has 23 heavy (non-hydrogen) atoms. The molecular formula is C18H17ClN2OS. The number of benzene rings is 2. The van der Waals surface area contributed by atoms with Crippen LogP contribution < -0.4 is 5.69 Å². The van der Waals surface area contributed by atoms with E-state index in [1.807, 2.05) is 67.1 Å². The molecule has 0 aliphatic carbocycles. The molecule has 0 atom stereocenters. The molecule has 5 heteroatoms. The second-order valence-corrected chi connectivity index (χ2v) is 6.24. The first kappa shape index (κ1) is 16.0. The van der Waals surface area contributed by atoms with Gasteiger partial charge in [0.2, 0.25) is 0 Å². The lowest BCUT2D eigenvalue weighted by Crippen LogP contribution is -2.23. The predicted molar refractivity (Wildman–Crippen MR) is 100 cm³/mol. The van der Waals surface area contributed by atoms with Crippen molar-refractivity contribution in [1.82, 2.24) is 9.13 Å². The smallest absolute Gasteiger partial charge is 0.292 e. The monoisotopic (exact) mass is 344 g/mol. The molecule has 0 fully saturated rings. The van der Waals surface area contributed by atoms with Crippen LogP contribution in [0.3, 0.4) is 0 Å². The first-order chi connectivity index (χ1) is 11.2. The van der Waals surface area contributed by atoms with E-state index in [0.717, 1.165) is 22.3 Å². The average molecular weight is 345 g/mol. The van der Waals surface area contributed by atoms with Gasteiger partial charge < -0.3 is 0 Å². The van der Waals surface area contributed by atoms with Crippen LogP contribution in [0.15, 0.2) is 58.7 Å². The third-order valence-corrected chi connectivity index (χ3v) is 4.47. The van der Waals surface area contributed by atoms with E-state index in [9.17, 15) is 4.79 Å². The van der Waals surface area contributed by atoms with Crippen molar-refractivity contribution in [3.8, 4) is 0 Å². The Balaban J connectivity index is 2.32. The van der Waals surface area contributed by atoms with Crippen LogP contribution in [0.25, 0.3) is 16.7 Å². The number of hydrogen-bond donors (Lipinski definition) is 0. The van der Waals surface area contributed by atoms with Gasteiger partial charge in [-0.1, -0.05) is 35.9 Å². The number of rotatable bonds is 4. The molecule has 2 aromatic carbocycles. The van der Waals surface area contributed by atoms with Crippen LogP contribution in [-0.4, -0.2) is 15.4 Å². The van der Waals surface area contributed by atoms with E-state index in [1.54, 1.807) is 20.9 Å². The molecule has 1 aromatic heterocycles. The number of imidazole rings is 1. The van der Waals surface area contributed by atoms with Gasteiger partial charge in [0.05, 0.1) is 16.7 Å². The molecule has 1 heterocycles. The molecule has 3 aromatic rings. The SMILES string of the molecule is CCn1c(=O)n(/C(=C/SC)c2ccc(Cl)cc2)c2ccccc21. The van der Waals surface area contributed by atoms with Crippen LogP contribution in [0.4, 0.5) is 0 Å². The Kier molecular flexibility index (Phi) is 4.64. The molecule has 3 rings (SSSR count). The first-order valence-corrected chi connectivity index (χ1v) is 9.03. The maximum Gasteiger partial charge on any atom is 0.333 e. The van der Waals surface area contributed by atoms with Gasteiger partial charge in [-0.05, 0) is 48.4 Å². The summed E-state index contributed by atoms with van der Waals surface area (Å²) in [5.74, 6) is 0. The Morgan fingerprint density at radius 2 is 1.78 bits per heavy atom. The lowest BCUT2D eigenvalue weighted by molar-refractivity contribution is 0.737. The summed E-state index contributed by atoms with van der Waals surface area (Å²) >= 11 is 7.57. The number of halogens is 1. The van der Waals surface area contributed by atoms with Gasteiger partial charge in [0.25, 0.3) is 0 Å². The molecule has 0 saturated heterocycles. The highest BCUT2D eigenvalue weighted by Crippen LogP contribution is 2.25. The fourth-order valence-electron chi connectivity index (χ4n) is 2.73. The Hall–Kier alpha value is -1.91. The van der Waals surface area contributed by atoms with E-state index in [1.165, 1.54) is 0 Å². The van der Waals surface area contributed by atoms with Crippen LogP contribution in [0, 0.1) is 0 Å². The van der Waals surface area contributed by atoms with Crippen LogP contribution in [0.2, 0.25) is 5.02 Å². The summed E-state index contributed by atoms with van der Waals surface area (Å²) in [5.41, 5.74) is 3.66. The Morgan fingerprint density at radius 1 is 1.13 bits per heavy atom. The van der Waals surface area contributed by atoms with Gasteiger partial charge in [0.1, 0.15) is 0 Å². The van der Waals surface area contributed by atoms with Gasteiger partial charge in [-0.15, -0.1) is 11.8 Å². The third-order valence-electron chi connectivity index (χ3n) is 3.76. The number of fused-ring (bicyclic) bond motifs is 1. The largest absolute Gasteiger partial charge is 0.333 e. The summed E-state index contributed by atoms with van der Waals surface area (Å²) in [6, 6.07) is 15.4. The minimum absolute atomic E-state index is 0.0241. The van der Waals surface area contributed by atoms with Gasteiger partial charge in [0.15, 0.2) is 0 Å². The summed E-state index contributed by atoms with van der Waals surface area (Å²) in [4.78, 5) is 12.9. The zero-order valence-electron chi connectivity index (χ0n) is 13.0. The number of aryl methyl sites for hydroxylation is 1. The maximum absolute atomic E-state index is 12.9. The topological polar surface area (TPSA) is 26.9 Å². The van der Waals surface area contributed by atoms with Crippen LogP contribution in [0.5, 0.6) is 0 Å². The van der Waals surface area contributed by atoms with E-state index >= 15 is 0 Å². The van der Waals surface area contributed by atoms with Gasteiger partial charge in [-0.2, -0.15) is 0 Å². The van der Waals surface area contributed by atoms with Crippen molar-refractivity contribution in [1.29, 1.82) is 0 Å². The number of hydrogen-bond acceptors (Lipinski definition) is 2. The van der Waals surface area contributed by atoms with Crippen LogP contribution in [-0.2, 0) is 6.54 Å². The fourth-order valence-corrected chi connectivity index (χ4v) is 3.32. The summed E-state index contributed by atoms with van der Waals surface area (Å²) in [6.45, 7) is 2.62. The van der Waals surface area contributed by atoms with Crippen molar-refractivity contribution >= 4 is 40.1 Å². The molecule has 0 aliphatic heterocycles. The lowest BCUT2D eigenvalue weighted by atomic mass is 10.1. The molecule has 0 bridgehead atoms. The molecule has 118 valence electrons. The van der Waals surface area contributed by atoms with Gasteiger partial charge in [0, 0.05) is 11.6 Å². The number of para-hydroxylation sites is 2. The molecule has 0 radical (unpaired) electrons. The zero-order valence-corrected chi connectivity index (χ0v) is 14.6. The standard InChI is InChI=1S/C18H17ClN2OS/c1-3-20-15-6-4-5-7-16(15)21(18(20)22)17(12-23-2)13-8-10-14(19)11-9-13/h4-12H,3H2,1-2H3/b17-12+. The zero-order chi connectivity index (χ0) is 16.4. The molecular weight excluding hydrogens is 328 g/mol. The van der Waals surface area contributed by atoms with E-state index in [2.05, 4.69) is 0 Å². The third kappa shape index (κ3) is 2.84. The van der Waals surface area contributed by atoms with Crippen molar-refractivity contribution in [2.75, 3.05) is 6.26 Å². The molecule has 0 saturated carbocycles. The maximum atomic E-state index is 12.9. The summed E-state index contributed by atoms with van der Waals surface area (Å²) in [7, 11) is 0. The van der Waals surface area contributed by atoms with E-state index < -0.39 is 0 Å². The normalized spacial score (nSPS) is 12.0. The van der Waals surface area contributed by atoms with Gasteiger partial charge in [-0.25, -0.2) is 4.79 Å². The van der Waals surface area contributed by atoms with Gasteiger partial charge >= 0.3 is 5.69 Å². The fraction of sp³-hybridized carbons (Fsp3) is 0.167. The average Bonchev–Trinajstić information content (AvgIpc) is 2.85. The molecule has 0 N–H and O–H groups in total. The molecule has 0 amide bonds. The summed E-state index contributed by atoms with van der Waals surface area (Å²) in [6.07, 6.45) is 1.99. The van der Waals surface area contributed by atoms with Crippen LogP contribution >= 0.6 is 23.4 Å². The Labute approximate surface area is 144 Å². The molecule has 0 unspecified atom stereocenters. The summed E-state index contributed by atoms with van der Waals surface area (Å²) < 4.78 is 3.57. The van der Waals surface area contributed by atoms with E-state index in [4.69, 9.17) is 11.6 Å². The highest BCUT2D eigenvalue weighted by molar-refractivity contribution is 8.01. The Bertz CT molecular complexity index is 922. The van der Waals surface area contributed by atoms with Crippen molar-refractivity contribution in [3.63, 3.8) is 0 Å². The van der Waals surface area contributed by atoms with Crippen molar-refractivity contribution in [2.24, 2.45) is 0 Å². The lowest BCUT2D eigenvalue weighted by Gasteiger charge is -2.09. The molecule has 0 aliphatic rings. The summed E-state index contributed by atoms with van der Waals surface area (Å²) in [5, 5.41) is 2.68. The minimum Gasteiger partial charge on any atom is -0.292 e. The number of aromatic nitrogens is 2. The number of thioether (sulfide) groups is 1. The quantitative estimate of drug-likeness (QED) is 0.686.